The molecule has 0 radical (unpaired) electrons. The van der Waals surface area contributed by atoms with Gasteiger partial charge in [0.15, 0.2) is 0 Å². The summed E-state index contributed by atoms with van der Waals surface area (Å²) in [5.74, 6) is 2.43. The summed E-state index contributed by atoms with van der Waals surface area (Å²) in [4.78, 5) is 0. The number of aliphatic hydroxyl groups is 1. The molecule has 0 fully saturated rings. The van der Waals surface area contributed by atoms with Gasteiger partial charge in [-0.3, -0.25) is 0 Å². The standard InChI is InChI=1S/C9H17NO2/c1-4-5-9(2,11)8-10-6-7-12-3/h1,10-11H,5-8H2,2-3H3. The second kappa shape index (κ2) is 6.01. The van der Waals surface area contributed by atoms with Crippen LogP contribution in [0.5, 0.6) is 0 Å². The van der Waals surface area contributed by atoms with Crippen molar-refractivity contribution in [2.75, 3.05) is 26.8 Å². The molecule has 0 spiro atoms. The van der Waals surface area contributed by atoms with Crippen molar-refractivity contribution in [3.63, 3.8) is 0 Å². The zero-order chi connectivity index (χ0) is 9.45. The Morgan fingerprint density at radius 3 is 2.83 bits per heavy atom. The van der Waals surface area contributed by atoms with Crippen LogP contribution < -0.4 is 5.32 Å². The molecule has 1 atom stereocenters. The minimum absolute atomic E-state index is 0.368. The van der Waals surface area contributed by atoms with E-state index in [1.807, 2.05) is 0 Å². The van der Waals surface area contributed by atoms with E-state index in [4.69, 9.17) is 11.2 Å². The Hall–Kier alpha value is -0.560. The summed E-state index contributed by atoms with van der Waals surface area (Å²) in [7, 11) is 1.64. The second-order valence-electron chi connectivity index (χ2n) is 3.05. The fraction of sp³-hybridized carbons (Fsp3) is 0.778. The van der Waals surface area contributed by atoms with Gasteiger partial charge in [-0.2, -0.15) is 0 Å². The highest BCUT2D eigenvalue weighted by Crippen LogP contribution is 2.05. The maximum absolute atomic E-state index is 9.57. The third-order valence-corrected chi connectivity index (χ3v) is 1.47. The highest BCUT2D eigenvalue weighted by Gasteiger charge is 2.17. The van der Waals surface area contributed by atoms with Gasteiger partial charge in [-0.05, 0) is 6.92 Å². The molecule has 2 N–H and O–H groups in total. The molecule has 0 rings (SSSR count). The van der Waals surface area contributed by atoms with Crippen molar-refractivity contribution in [2.24, 2.45) is 0 Å². The number of nitrogens with one attached hydrogen (secondary N) is 1. The fourth-order valence-electron chi connectivity index (χ4n) is 0.814. The number of rotatable bonds is 6. The zero-order valence-corrected chi connectivity index (χ0v) is 7.76. The van der Waals surface area contributed by atoms with Crippen molar-refractivity contribution < 1.29 is 9.84 Å². The van der Waals surface area contributed by atoms with E-state index in [2.05, 4.69) is 11.2 Å². The zero-order valence-electron chi connectivity index (χ0n) is 7.76. The van der Waals surface area contributed by atoms with Crippen LogP contribution in [0, 0.1) is 12.3 Å². The summed E-state index contributed by atoms with van der Waals surface area (Å²) in [5, 5.41) is 12.6. The molecule has 12 heavy (non-hydrogen) atoms. The van der Waals surface area contributed by atoms with Gasteiger partial charge in [0.2, 0.25) is 0 Å². The molecular weight excluding hydrogens is 154 g/mol. The summed E-state index contributed by atoms with van der Waals surface area (Å²) >= 11 is 0. The average Bonchev–Trinajstić information content (AvgIpc) is 1.98. The SMILES string of the molecule is C#CCC(C)(O)CNCCOC. The van der Waals surface area contributed by atoms with Crippen molar-refractivity contribution in [3.05, 3.63) is 0 Å². The number of ether oxygens (including phenoxy) is 1. The summed E-state index contributed by atoms with van der Waals surface area (Å²) in [6.07, 6.45) is 5.45. The number of methoxy groups -OCH3 is 1. The van der Waals surface area contributed by atoms with E-state index < -0.39 is 5.60 Å². The van der Waals surface area contributed by atoms with Crippen LogP contribution in [-0.2, 0) is 4.74 Å². The van der Waals surface area contributed by atoms with Crippen molar-refractivity contribution in [2.45, 2.75) is 18.9 Å². The average molecular weight is 171 g/mol. The smallest absolute Gasteiger partial charge is 0.0852 e. The van der Waals surface area contributed by atoms with E-state index >= 15 is 0 Å². The lowest BCUT2D eigenvalue weighted by Crippen LogP contribution is -2.38. The van der Waals surface area contributed by atoms with E-state index in [9.17, 15) is 5.11 Å². The molecule has 70 valence electrons. The quantitative estimate of drug-likeness (QED) is 0.436. The van der Waals surface area contributed by atoms with Crippen molar-refractivity contribution in [3.8, 4) is 12.3 Å². The molecule has 0 aliphatic rings. The van der Waals surface area contributed by atoms with Crippen LogP contribution in [0.2, 0.25) is 0 Å². The third kappa shape index (κ3) is 6.17. The van der Waals surface area contributed by atoms with E-state index in [1.165, 1.54) is 0 Å². The molecule has 1 unspecified atom stereocenters. The second-order valence-corrected chi connectivity index (χ2v) is 3.05. The third-order valence-electron chi connectivity index (χ3n) is 1.47. The molecule has 3 nitrogen and oxygen atoms in total. The van der Waals surface area contributed by atoms with Gasteiger partial charge in [0.25, 0.3) is 0 Å². The normalized spacial score (nSPS) is 15.2. The lowest BCUT2D eigenvalue weighted by molar-refractivity contribution is 0.0630. The molecule has 0 aromatic heterocycles. The van der Waals surface area contributed by atoms with Gasteiger partial charge in [-0.15, -0.1) is 12.3 Å². The molecule has 0 bridgehead atoms. The van der Waals surface area contributed by atoms with Crippen LogP contribution in [0.4, 0.5) is 0 Å². The van der Waals surface area contributed by atoms with Crippen molar-refractivity contribution in [1.82, 2.24) is 5.32 Å². The van der Waals surface area contributed by atoms with Crippen LogP contribution in [0.15, 0.2) is 0 Å². The van der Waals surface area contributed by atoms with Crippen LogP contribution in [0.25, 0.3) is 0 Å². The molecule has 0 aromatic carbocycles. The molecule has 0 saturated carbocycles. The Morgan fingerprint density at radius 2 is 2.33 bits per heavy atom. The molecule has 0 aliphatic heterocycles. The Kier molecular flexibility index (Phi) is 5.73. The summed E-state index contributed by atoms with van der Waals surface area (Å²) in [5.41, 5.74) is -0.803. The lowest BCUT2D eigenvalue weighted by Gasteiger charge is -2.20. The van der Waals surface area contributed by atoms with Crippen LogP contribution >= 0.6 is 0 Å². The molecule has 0 saturated heterocycles. The van der Waals surface area contributed by atoms with Gasteiger partial charge in [-0.1, -0.05) is 0 Å². The number of hydrogen-bond donors (Lipinski definition) is 2. The lowest BCUT2D eigenvalue weighted by atomic mass is 10.0. The Bertz CT molecular complexity index is 149. The molecule has 0 aliphatic carbocycles. The van der Waals surface area contributed by atoms with Crippen molar-refractivity contribution in [1.29, 1.82) is 0 Å². The van der Waals surface area contributed by atoms with Gasteiger partial charge < -0.3 is 15.2 Å². The first-order valence-electron chi connectivity index (χ1n) is 3.98. The van der Waals surface area contributed by atoms with Crippen LogP contribution in [0.1, 0.15) is 13.3 Å². The Balaban J connectivity index is 3.42. The van der Waals surface area contributed by atoms with E-state index in [-0.39, 0.29) is 0 Å². The van der Waals surface area contributed by atoms with E-state index in [1.54, 1.807) is 14.0 Å². The number of terminal acetylenes is 1. The fourth-order valence-corrected chi connectivity index (χ4v) is 0.814. The van der Waals surface area contributed by atoms with Crippen LogP contribution in [0.3, 0.4) is 0 Å². The Labute approximate surface area is 74.1 Å². The molecular formula is C9H17NO2. The minimum atomic E-state index is -0.803. The summed E-state index contributed by atoms with van der Waals surface area (Å²) in [6.45, 7) is 3.59. The van der Waals surface area contributed by atoms with Gasteiger partial charge in [0.1, 0.15) is 0 Å². The molecule has 0 amide bonds. The highest BCUT2D eigenvalue weighted by atomic mass is 16.5. The first-order valence-corrected chi connectivity index (χ1v) is 3.98. The first kappa shape index (κ1) is 11.4. The minimum Gasteiger partial charge on any atom is -0.388 e. The van der Waals surface area contributed by atoms with Gasteiger partial charge in [-0.25, -0.2) is 0 Å². The van der Waals surface area contributed by atoms with Gasteiger partial charge in [0.05, 0.1) is 12.2 Å². The Morgan fingerprint density at radius 1 is 1.67 bits per heavy atom. The first-order chi connectivity index (χ1) is 5.62. The number of hydrogen-bond acceptors (Lipinski definition) is 3. The molecule has 0 aromatic rings. The predicted octanol–water partition coefficient (Wildman–Crippen LogP) is -0.00330. The highest BCUT2D eigenvalue weighted by molar-refractivity contribution is 4.93. The monoisotopic (exact) mass is 171 g/mol. The molecule has 0 heterocycles. The van der Waals surface area contributed by atoms with Crippen molar-refractivity contribution >= 4 is 0 Å². The molecule has 3 heteroatoms. The van der Waals surface area contributed by atoms with E-state index in [0.717, 1.165) is 6.54 Å². The van der Waals surface area contributed by atoms with Gasteiger partial charge >= 0.3 is 0 Å². The van der Waals surface area contributed by atoms with Crippen LogP contribution in [-0.4, -0.2) is 37.5 Å². The predicted molar refractivity (Wildman–Crippen MR) is 48.8 cm³/mol. The maximum Gasteiger partial charge on any atom is 0.0852 e. The maximum atomic E-state index is 9.57. The van der Waals surface area contributed by atoms with Gasteiger partial charge in [0, 0.05) is 26.6 Å². The van der Waals surface area contributed by atoms with E-state index in [0.29, 0.717) is 19.6 Å². The topological polar surface area (TPSA) is 41.5 Å². The summed E-state index contributed by atoms with van der Waals surface area (Å²) < 4.78 is 4.83. The largest absolute Gasteiger partial charge is 0.388 e. The summed E-state index contributed by atoms with van der Waals surface area (Å²) in [6, 6.07) is 0.